The van der Waals surface area contributed by atoms with Crippen LogP contribution in [0.3, 0.4) is 0 Å². The van der Waals surface area contributed by atoms with Gasteiger partial charge in [0.2, 0.25) is 0 Å². The molecule has 78 valence electrons. The lowest BCUT2D eigenvalue weighted by Gasteiger charge is -1.95. The molecule has 0 atom stereocenters. The molecular weight excluding hydrogens is 281 g/mol. The fourth-order valence-corrected chi connectivity index (χ4v) is 1.29. The van der Waals surface area contributed by atoms with Gasteiger partial charge >= 0.3 is 0 Å². The van der Waals surface area contributed by atoms with E-state index in [-0.39, 0.29) is 5.69 Å². The van der Waals surface area contributed by atoms with Crippen molar-refractivity contribution in [3.63, 3.8) is 0 Å². The maximum absolute atomic E-state index is 10.5. The second-order valence-corrected chi connectivity index (χ2v) is 3.86. The molecule has 3 nitrogen and oxygen atoms in total. The Labute approximate surface area is 101 Å². The predicted octanol–water partition coefficient (Wildman–Crippen LogP) is 3.38. The van der Waals surface area contributed by atoms with E-state index in [1.165, 1.54) is 18.2 Å². The van der Waals surface area contributed by atoms with E-state index in [2.05, 4.69) is 27.8 Å². The quantitative estimate of drug-likeness (QED) is 0.362. The standard InChI is InChI=1S/C10H7BrClNO2/c11-6-2-1-3-8-7-9(13(14)15)4-5-10(8)12/h4-5,7H,2,6H2. The van der Waals surface area contributed by atoms with Gasteiger partial charge in [-0.15, -0.1) is 0 Å². The van der Waals surface area contributed by atoms with Crippen LogP contribution in [0.2, 0.25) is 5.02 Å². The van der Waals surface area contributed by atoms with Gasteiger partial charge in [-0.25, -0.2) is 0 Å². The molecule has 0 amide bonds. The minimum absolute atomic E-state index is 0.00235. The van der Waals surface area contributed by atoms with E-state index in [0.717, 1.165) is 5.33 Å². The summed E-state index contributed by atoms with van der Waals surface area (Å²) in [7, 11) is 0. The van der Waals surface area contributed by atoms with Crippen LogP contribution in [0, 0.1) is 22.0 Å². The van der Waals surface area contributed by atoms with Crippen LogP contribution in [0.1, 0.15) is 12.0 Å². The number of benzene rings is 1. The molecule has 15 heavy (non-hydrogen) atoms. The van der Waals surface area contributed by atoms with E-state index in [4.69, 9.17) is 11.6 Å². The molecule has 0 saturated heterocycles. The van der Waals surface area contributed by atoms with E-state index < -0.39 is 4.92 Å². The molecule has 0 radical (unpaired) electrons. The summed E-state index contributed by atoms with van der Waals surface area (Å²) < 4.78 is 0. The molecule has 0 bridgehead atoms. The summed E-state index contributed by atoms with van der Waals surface area (Å²) in [5.41, 5.74) is 0.495. The summed E-state index contributed by atoms with van der Waals surface area (Å²) in [6, 6.07) is 4.22. The first-order valence-electron chi connectivity index (χ1n) is 4.14. The Bertz CT molecular complexity index is 437. The Kier molecular flexibility index (Phi) is 4.60. The average Bonchev–Trinajstić information content (AvgIpc) is 2.20. The molecule has 5 heteroatoms. The molecule has 1 aromatic rings. The number of nitro benzene ring substituents is 1. The van der Waals surface area contributed by atoms with Gasteiger partial charge < -0.3 is 0 Å². The maximum atomic E-state index is 10.5. The van der Waals surface area contributed by atoms with Crippen molar-refractivity contribution in [3.8, 4) is 11.8 Å². The third kappa shape index (κ3) is 3.54. The minimum Gasteiger partial charge on any atom is -0.258 e. The second-order valence-electron chi connectivity index (χ2n) is 2.66. The van der Waals surface area contributed by atoms with E-state index in [9.17, 15) is 10.1 Å². The van der Waals surface area contributed by atoms with Crippen molar-refractivity contribution < 1.29 is 4.92 Å². The molecule has 0 heterocycles. The molecule has 0 N–H and O–H groups in total. The van der Waals surface area contributed by atoms with Gasteiger partial charge in [-0.2, -0.15) is 0 Å². The Balaban J connectivity index is 3.02. The molecule has 1 aromatic carbocycles. The second kappa shape index (κ2) is 5.74. The average molecular weight is 289 g/mol. The van der Waals surface area contributed by atoms with Gasteiger partial charge in [0.25, 0.3) is 5.69 Å². The highest BCUT2D eigenvalue weighted by atomic mass is 79.9. The van der Waals surface area contributed by atoms with E-state index >= 15 is 0 Å². The van der Waals surface area contributed by atoms with Crippen LogP contribution >= 0.6 is 27.5 Å². The summed E-state index contributed by atoms with van der Waals surface area (Å²) in [4.78, 5) is 10.0. The van der Waals surface area contributed by atoms with Crippen molar-refractivity contribution in [1.82, 2.24) is 0 Å². The van der Waals surface area contributed by atoms with Crippen molar-refractivity contribution >= 4 is 33.2 Å². The Hall–Kier alpha value is -1.05. The molecule has 0 fully saturated rings. The zero-order valence-electron chi connectivity index (χ0n) is 7.67. The number of nitro groups is 1. The largest absolute Gasteiger partial charge is 0.270 e. The number of hydrogen-bond acceptors (Lipinski definition) is 2. The van der Waals surface area contributed by atoms with Crippen molar-refractivity contribution in [2.45, 2.75) is 6.42 Å². The highest BCUT2D eigenvalue weighted by Gasteiger charge is 2.07. The molecule has 0 aliphatic rings. The molecule has 0 spiro atoms. The van der Waals surface area contributed by atoms with Gasteiger partial charge in [0, 0.05) is 29.4 Å². The van der Waals surface area contributed by atoms with Gasteiger partial charge in [-0.1, -0.05) is 39.4 Å². The van der Waals surface area contributed by atoms with Crippen LogP contribution in [-0.2, 0) is 0 Å². The molecule has 0 aromatic heterocycles. The topological polar surface area (TPSA) is 43.1 Å². The van der Waals surface area contributed by atoms with Crippen molar-refractivity contribution in [1.29, 1.82) is 0 Å². The third-order valence-electron chi connectivity index (χ3n) is 1.60. The fraction of sp³-hybridized carbons (Fsp3) is 0.200. The minimum atomic E-state index is -0.466. The number of non-ortho nitro benzene ring substituents is 1. The van der Waals surface area contributed by atoms with Gasteiger partial charge in [0.15, 0.2) is 0 Å². The monoisotopic (exact) mass is 287 g/mol. The van der Waals surface area contributed by atoms with Crippen LogP contribution in [0.25, 0.3) is 0 Å². The van der Waals surface area contributed by atoms with Gasteiger partial charge in [0.1, 0.15) is 0 Å². The van der Waals surface area contributed by atoms with Crippen molar-refractivity contribution in [2.75, 3.05) is 5.33 Å². The summed E-state index contributed by atoms with van der Waals surface area (Å²) in [6.45, 7) is 0. The normalized spacial score (nSPS) is 9.20. The van der Waals surface area contributed by atoms with E-state index in [1.54, 1.807) is 0 Å². The Morgan fingerprint density at radius 3 is 2.87 bits per heavy atom. The summed E-state index contributed by atoms with van der Waals surface area (Å²) in [6.07, 6.45) is 0.680. The molecule has 0 unspecified atom stereocenters. The Morgan fingerprint density at radius 2 is 2.27 bits per heavy atom. The molecule has 1 rings (SSSR count). The highest BCUT2D eigenvalue weighted by molar-refractivity contribution is 9.09. The van der Waals surface area contributed by atoms with Crippen LogP contribution in [0.5, 0.6) is 0 Å². The Morgan fingerprint density at radius 1 is 1.53 bits per heavy atom. The lowest BCUT2D eigenvalue weighted by molar-refractivity contribution is -0.384. The number of nitrogens with zero attached hydrogens (tertiary/aromatic N) is 1. The summed E-state index contributed by atoms with van der Waals surface area (Å²) >= 11 is 9.08. The van der Waals surface area contributed by atoms with Crippen LogP contribution in [-0.4, -0.2) is 10.3 Å². The SMILES string of the molecule is O=[N+]([O-])c1ccc(Cl)c(C#CCCBr)c1. The first-order chi connectivity index (χ1) is 7.15. The lowest BCUT2D eigenvalue weighted by Crippen LogP contribution is -1.88. The third-order valence-corrected chi connectivity index (χ3v) is 2.33. The summed E-state index contributed by atoms with van der Waals surface area (Å²) in [5, 5.41) is 11.7. The molecule has 0 aliphatic heterocycles. The van der Waals surface area contributed by atoms with Crippen molar-refractivity contribution in [3.05, 3.63) is 38.9 Å². The molecular formula is C10H7BrClNO2. The first kappa shape index (κ1) is 12.0. The van der Waals surface area contributed by atoms with Crippen molar-refractivity contribution in [2.24, 2.45) is 0 Å². The number of alkyl halides is 1. The summed E-state index contributed by atoms with van der Waals surface area (Å²) in [5.74, 6) is 5.65. The maximum Gasteiger partial charge on any atom is 0.270 e. The predicted molar refractivity (Wildman–Crippen MR) is 63.4 cm³/mol. The smallest absolute Gasteiger partial charge is 0.258 e. The van der Waals surface area contributed by atoms with Gasteiger partial charge in [-0.05, 0) is 6.07 Å². The number of rotatable bonds is 2. The van der Waals surface area contributed by atoms with Gasteiger partial charge in [0.05, 0.1) is 9.95 Å². The van der Waals surface area contributed by atoms with E-state index in [0.29, 0.717) is 17.0 Å². The zero-order valence-corrected chi connectivity index (χ0v) is 10.0. The van der Waals surface area contributed by atoms with Crippen LogP contribution < -0.4 is 0 Å². The fourth-order valence-electron chi connectivity index (χ4n) is 0.928. The molecule has 0 saturated carbocycles. The molecule has 0 aliphatic carbocycles. The van der Waals surface area contributed by atoms with Gasteiger partial charge in [-0.3, -0.25) is 10.1 Å². The zero-order chi connectivity index (χ0) is 11.3. The van der Waals surface area contributed by atoms with Crippen LogP contribution in [0.4, 0.5) is 5.69 Å². The first-order valence-corrected chi connectivity index (χ1v) is 5.64. The number of halogens is 2. The van der Waals surface area contributed by atoms with Crippen LogP contribution in [0.15, 0.2) is 18.2 Å². The lowest BCUT2D eigenvalue weighted by atomic mass is 10.2. The highest BCUT2D eigenvalue weighted by Crippen LogP contribution is 2.20. The van der Waals surface area contributed by atoms with E-state index in [1.807, 2.05) is 0 Å². The number of hydrogen-bond donors (Lipinski definition) is 0.